The summed E-state index contributed by atoms with van der Waals surface area (Å²) in [6, 6.07) is 10.7. The van der Waals surface area contributed by atoms with Gasteiger partial charge in [0.15, 0.2) is 11.3 Å². The lowest BCUT2D eigenvalue weighted by molar-refractivity contribution is 0.0732. The van der Waals surface area contributed by atoms with Crippen molar-refractivity contribution in [1.29, 1.82) is 0 Å². The largest absolute Gasteiger partial charge is 0.292 e. The standard InChI is InChI=1S/C21H16ClFN6O/c1-27-18-8-14(15-4-6-24-19(23)9-15)3-2-13(18)5-7-29(27)21(30)17-10-20-25-11-16(22)12-28(20)26-17/h2-4,6,8-12H,5,7H2,1H3. The zero-order chi connectivity index (χ0) is 20.8. The summed E-state index contributed by atoms with van der Waals surface area (Å²) in [6.07, 6.45) is 5.26. The van der Waals surface area contributed by atoms with E-state index in [4.69, 9.17) is 11.6 Å². The first-order chi connectivity index (χ1) is 14.5. The minimum atomic E-state index is -0.532. The fourth-order valence-corrected chi connectivity index (χ4v) is 3.81. The number of fused-ring (bicyclic) bond motifs is 2. The van der Waals surface area contributed by atoms with E-state index in [1.807, 2.05) is 30.3 Å². The molecule has 0 N–H and O–H groups in total. The molecule has 1 aliphatic heterocycles. The van der Waals surface area contributed by atoms with Gasteiger partial charge in [0.2, 0.25) is 5.95 Å². The van der Waals surface area contributed by atoms with Crippen LogP contribution in [0.15, 0.2) is 55.0 Å². The summed E-state index contributed by atoms with van der Waals surface area (Å²) in [6.45, 7) is 0.521. The summed E-state index contributed by atoms with van der Waals surface area (Å²) < 4.78 is 15.0. The van der Waals surface area contributed by atoms with Gasteiger partial charge in [-0.25, -0.2) is 19.5 Å². The topological polar surface area (TPSA) is 66.6 Å². The van der Waals surface area contributed by atoms with Gasteiger partial charge in [-0.3, -0.25) is 9.80 Å². The molecule has 0 unspecified atom stereocenters. The van der Waals surface area contributed by atoms with Crippen molar-refractivity contribution in [1.82, 2.24) is 24.6 Å². The second-order valence-electron chi connectivity index (χ2n) is 7.02. The fraction of sp³-hybridized carbons (Fsp3) is 0.143. The van der Waals surface area contributed by atoms with E-state index in [1.54, 1.807) is 23.3 Å². The third-order valence-corrected chi connectivity index (χ3v) is 5.38. The number of hydrogen-bond acceptors (Lipinski definition) is 5. The average Bonchev–Trinajstić information content (AvgIpc) is 3.17. The number of amides is 1. The van der Waals surface area contributed by atoms with Crippen LogP contribution in [-0.4, -0.2) is 44.1 Å². The van der Waals surface area contributed by atoms with Gasteiger partial charge in [0.05, 0.1) is 16.9 Å². The predicted molar refractivity (Wildman–Crippen MR) is 111 cm³/mol. The Morgan fingerprint density at radius 1 is 1.13 bits per heavy atom. The Labute approximate surface area is 176 Å². The van der Waals surface area contributed by atoms with Gasteiger partial charge >= 0.3 is 0 Å². The molecular formula is C21H16ClFN6O. The number of carbonyl (C=O) groups excluding carboxylic acids is 1. The Bertz CT molecular complexity index is 1290. The number of carbonyl (C=O) groups is 1. The molecule has 0 spiro atoms. The molecule has 150 valence electrons. The van der Waals surface area contributed by atoms with E-state index >= 15 is 0 Å². The highest BCUT2D eigenvalue weighted by Gasteiger charge is 2.28. The van der Waals surface area contributed by atoms with Crippen LogP contribution in [0.5, 0.6) is 0 Å². The van der Waals surface area contributed by atoms with E-state index in [0.717, 1.165) is 22.4 Å². The van der Waals surface area contributed by atoms with Crippen LogP contribution in [0.25, 0.3) is 16.8 Å². The van der Waals surface area contributed by atoms with Crippen molar-refractivity contribution in [3.8, 4) is 11.1 Å². The summed E-state index contributed by atoms with van der Waals surface area (Å²) in [5, 5.41) is 8.21. The molecule has 9 heteroatoms. The number of hydrazine groups is 1. The van der Waals surface area contributed by atoms with Crippen molar-refractivity contribution in [3.05, 3.63) is 77.2 Å². The molecule has 0 bridgehead atoms. The molecule has 30 heavy (non-hydrogen) atoms. The van der Waals surface area contributed by atoms with Gasteiger partial charge in [-0.05, 0) is 35.2 Å². The number of pyridine rings is 1. The first-order valence-electron chi connectivity index (χ1n) is 9.31. The SMILES string of the molecule is CN1c2cc(-c3ccnc(F)c3)ccc2CCN1C(=O)c1cc2ncc(Cl)cn2n1. The lowest BCUT2D eigenvalue weighted by atomic mass is 10.00. The zero-order valence-corrected chi connectivity index (χ0v) is 16.7. The molecule has 0 saturated heterocycles. The highest BCUT2D eigenvalue weighted by Crippen LogP contribution is 2.32. The van der Waals surface area contributed by atoms with Crippen LogP contribution in [0.1, 0.15) is 16.1 Å². The van der Waals surface area contributed by atoms with Crippen molar-refractivity contribution < 1.29 is 9.18 Å². The summed E-state index contributed by atoms with van der Waals surface area (Å²) in [5.74, 6) is -0.763. The number of benzene rings is 1. The lowest BCUT2D eigenvalue weighted by Gasteiger charge is -2.38. The molecule has 7 nitrogen and oxygen atoms in total. The smallest absolute Gasteiger partial charge is 0.285 e. The maximum absolute atomic E-state index is 13.5. The molecule has 4 heterocycles. The minimum absolute atomic E-state index is 0.231. The molecule has 1 amide bonds. The van der Waals surface area contributed by atoms with E-state index in [2.05, 4.69) is 15.1 Å². The fourth-order valence-electron chi connectivity index (χ4n) is 3.67. The molecule has 0 aliphatic carbocycles. The van der Waals surface area contributed by atoms with Crippen molar-refractivity contribution in [2.75, 3.05) is 18.6 Å². The number of rotatable bonds is 2. The van der Waals surface area contributed by atoms with Crippen molar-refractivity contribution >= 4 is 28.8 Å². The molecule has 0 atom stereocenters. The Morgan fingerprint density at radius 2 is 1.97 bits per heavy atom. The second kappa shape index (κ2) is 7.07. The third kappa shape index (κ3) is 3.15. The molecule has 0 saturated carbocycles. The van der Waals surface area contributed by atoms with Gasteiger partial charge < -0.3 is 0 Å². The predicted octanol–water partition coefficient (Wildman–Crippen LogP) is 3.63. The molecule has 4 aromatic rings. The lowest BCUT2D eigenvalue weighted by Crippen LogP contribution is -2.48. The number of hydrogen-bond donors (Lipinski definition) is 0. The van der Waals surface area contributed by atoms with Crippen molar-refractivity contribution in [3.63, 3.8) is 0 Å². The van der Waals surface area contributed by atoms with Crippen molar-refractivity contribution in [2.24, 2.45) is 0 Å². The quantitative estimate of drug-likeness (QED) is 0.461. The van der Waals surface area contributed by atoms with Gasteiger partial charge in [-0.15, -0.1) is 0 Å². The van der Waals surface area contributed by atoms with Crippen LogP contribution in [0.2, 0.25) is 5.02 Å². The minimum Gasteiger partial charge on any atom is -0.285 e. The van der Waals surface area contributed by atoms with Crippen molar-refractivity contribution in [2.45, 2.75) is 6.42 Å². The maximum atomic E-state index is 13.5. The Hall–Kier alpha value is -3.52. The Balaban J connectivity index is 1.48. The summed E-state index contributed by atoms with van der Waals surface area (Å²) >= 11 is 5.96. The summed E-state index contributed by atoms with van der Waals surface area (Å²) in [7, 11) is 1.83. The first kappa shape index (κ1) is 18.5. The molecule has 1 aromatic carbocycles. The van der Waals surface area contributed by atoms with E-state index in [0.29, 0.717) is 23.6 Å². The normalized spacial score (nSPS) is 13.6. The average molecular weight is 423 g/mol. The van der Waals surface area contributed by atoms with E-state index in [9.17, 15) is 9.18 Å². The van der Waals surface area contributed by atoms with Crippen LogP contribution in [0.4, 0.5) is 10.1 Å². The van der Waals surface area contributed by atoms with Crippen LogP contribution in [0.3, 0.4) is 0 Å². The Kier molecular flexibility index (Phi) is 4.36. The molecule has 1 aliphatic rings. The molecular weight excluding hydrogens is 407 g/mol. The van der Waals surface area contributed by atoms with Crippen LogP contribution in [0, 0.1) is 5.95 Å². The number of nitrogens with zero attached hydrogens (tertiary/aromatic N) is 6. The van der Waals surface area contributed by atoms with Gasteiger partial charge in [-0.1, -0.05) is 23.7 Å². The second-order valence-corrected chi connectivity index (χ2v) is 7.45. The third-order valence-electron chi connectivity index (χ3n) is 5.18. The molecule has 5 rings (SSSR count). The van der Waals surface area contributed by atoms with Gasteiger partial charge in [0.1, 0.15) is 0 Å². The molecule has 0 radical (unpaired) electrons. The van der Waals surface area contributed by atoms with Gasteiger partial charge in [-0.2, -0.15) is 9.49 Å². The number of aromatic nitrogens is 4. The number of halogens is 2. The Morgan fingerprint density at radius 3 is 2.80 bits per heavy atom. The van der Waals surface area contributed by atoms with E-state index in [1.165, 1.54) is 23.0 Å². The van der Waals surface area contributed by atoms with E-state index < -0.39 is 5.95 Å². The van der Waals surface area contributed by atoms with Gasteiger partial charge in [0, 0.05) is 38.1 Å². The number of anilines is 1. The van der Waals surface area contributed by atoms with Crippen LogP contribution >= 0.6 is 11.6 Å². The van der Waals surface area contributed by atoms with Crippen LogP contribution < -0.4 is 5.01 Å². The summed E-state index contributed by atoms with van der Waals surface area (Å²) in [5.41, 5.74) is 4.41. The molecule has 0 fully saturated rings. The van der Waals surface area contributed by atoms with E-state index in [-0.39, 0.29) is 11.6 Å². The highest BCUT2D eigenvalue weighted by atomic mass is 35.5. The summed E-state index contributed by atoms with van der Waals surface area (Å²) in [4.78, 5) is 21.0. The molecule has 3 aromatic heterocycles. The zero-order valence-electron chi connectivity index (χ0n) is 16.0. The van der Waals surface area contributed by atoms with Crippen LogP contribution in [-0.2, 0) is 6.42 Å². The highest BCUT2D eigenvalue weighted by molar-refractivity contribution is 6.30. The maximum Gasteiger partial charge on any atom is 0.292 e. The first-order valence-corrected chi connectivity index (χ1v) is 9.69. The monoisotopic (exact) mass is 422 g/mol. The van der Waals surface area contributed by atoms with Gasteiger partial charge in [0.25, 0.3) is 5.91 Å².